The lowest BCUT2D eigenvalue weighted by Gasteiger charge is -2.09. The van der Waals surface area contributed by atoms with Gasteiger partial charge < -0.3 is 4.57 Å². The third-order valence-electron chi connectivity index (χ3n) is 7.59. The van der Waals surface area contributed by atoms with Gasteiger partial charge in [-0.05, 0) is 87.8 Å². The van der Waals surface area contributed by atoms with E-state index in [-0.39, 0.29) is 0 Å². The van der Waals surface area contributed by atoms with Crippen LogP contribution in [0.15, 0.2) is 146 Å². The normalized spacial score (nSPS) is 11.6. The number of nitrogens with zero attached hydrogens (tertiary/aromatic N) is 1. The first-order valence-electron chi connectivity index (χ1n) is 13.4. The number of hydrogen-bond acceptors (Lipinski definition) is 0. The smallest absolute Gasteiger partial charge is 0.0541 e. The maximum atomic E-state index is 2.39. The molecule has 0 N–H and O–H groups in total. The molecule has 0 aliphatic carbocycles. The molecule has 186 valence electrons. The summed E-state index contributed by atoms with van der Waals surface area (Å²) in [6.07, 6.45) is 0. The molecule has 0 aliphatic rings. The fourth-order valence-electron chi connectivity index (χ4n) is 5.58. The number of fused-ring (bicyclic) bond motifs is 3. The molecule has 0 saturated carbocycles. The molecule has 0 saturated heterocycles. The van der Waals surface area contributed by atoms with E-state index in [2.05, 4.69) is 157 Å². The van der Waals surface area contributed by atoms with Crippen LogP contribution in [0.25, 0.3) is 60.9 Å². The first-order chi connectivity index (χ1) is 19.3. The van der Waals surface area contributed by atoms with Crippen LogP contribution in [0.3, 0.4) is 0 Å². The highest BCUT2D eigenvalue weighted by atomic mass is 31.1. The third-order valence-corrected chi connectivity index (χ3v) is 8.48. The highest BCUT2D eigenvalue weighted by molar-refractivity contribution is 7.46. The molecule has 1 unspecified atom stereocenters. The average molecular weight is 518 g/mol. The second-order valence-electron chi connectivity index (χ2n) is 9.91. The van der Waals surface area contributed by atoms with Crippen LogP contribution in [0.4, 0.5) is 0 Å². The highest BCUT2D eigenvalue weighted by Crippen LogP contribution is 2.37. The van der Waals surface area contributed by atoms with Gasteiger partial charge in [-0.2, -0.15) is 0 Å². The summed E-state index contributed by atoms with van der Waals surface area (Å²) >= 11 is 0. The van der Waals surface area contributed by atoms with Gasteiger partial charge in [0.1, 0.15) is 0 Å². The van der Waals surface area contributed by atoms with E-state index in [0.29, 0.717) is 0 Å². The van der Waals surface area contributed by atoms with Gasteiger partial charge in [0.05, 0.1) is 11.0 Å². The Bertz CT molecular complexity index is 1920. The first-order valence-corrected chi connectivity index (χ1v) is 14.9. The largest absolute Gasteiger partial charge is 0.309 e. The van der Waals surface area contributed by atoms with Crippen molar-refractivity contribution in [1.82, 2.24) is 4.57 Å². The van der Waals surface area contributed by atoms with Gasteiger partial charge in [-0.3, -0.25) is 0 Å². The van der Waals surface area contributed by atoms with Gasteiger partial charge in [0.25, 0.3) is 0 Å². The predicted molar refractivity (Wildman–Crippen MR) is 171 cm³/mol. The van der Waals surface area contributed by atoms with E-state index in [1.165, 1.54) is 66.2 Å². The Morgan fingerprint density at radius 2 is 0.872 bits per heavy atom. The van der Waals surface area contributed by atoms with Gasteiger partial charge in [-0.1, -0.05) is 112 Å². The van der Waals surface area contributed by atoms with Gasteiger partial charge in [-0.15, -0.1) is 0 Å². The van der Waals surface area contributed by atoms with Gasteiger partial charge in [-0.25, -0.2) is 0 Å². The van der Waals surface area contributed by atoms with Crippen molar-refractivity contribution >= 4 is 35.7 Å². The molecule has 1 aromatic heterocycles. The molecular formula is C37H28NP. The van der Waals surface area contributed by atoms with E-state index < -0.39 is 0 Å². The second-order valence-corrected chi connectivity index (χ2v) is 11.0. The van der Waals surface area contributed by atoms with Gasteiger partial charge in [0.15, 0.2) is 0 Å². The molecule has 1 nitrogen and oxygen atoms in total. The summed E-state index contributed by atoms with van der Waals surface area (Å²) in [4.78, 5) is 0. The number of para-hydroxylation sites is 1. The van der Waals surface area contributed by atoms with Crippen molar-refractivity contribution in [2.24, 2.45) is 0 Å². The van der Waals surface area contributed by atoms with Gasteiger partial charge in [0, 0.05) is 16.5 Å². The maximum absolute atomic E-state index is 2.39. The van der Waals surface area contributed by atoms with Gasteiger partial charge >= 0.3 is 0 Å². The molecule has 7 rings (SSSR count). The first kappa shape index (κ1) is 23.7. The van der Waals surface area contributed by atoms with Crippen LogP contribution in [-0.4, -0.2) is 11.2 Å². The topological polar surface area (TPSA) is 4.93 Å². The number of rotatable bonds is 5. The van der Waals surface area contributed by atoms with Crippen LogP contribution in [-0.2, 0) is 0 Å². The van der Waals surface area contributed by atoms with E-state index in [1.54, 1.807) is 0 Å². The molecule has 0 aliphatic heterocycles. The van der Waals surface area contributed by atoms with Crippen molar-refractivity contribution in [2.45, 2.75) is 0 Å². The monoisotopic (exact) mass is 517 g/mol. The quantitative estimate of drug-likeness (QED) is 0.200. The maximum Gasteiger partial charge on any atom is 0.0541 e. The summed E-state index contributed by atoms with van der Waals surface area (Å²) in [6, 6.07) is 52.9. The van der Waals surface area contributed by atoms with Crippen LogP contribution in [0.2, 0.25) is 0 Å². The van der Waals surface area contributed by atoms with Crippen LogP contribution in [0.1, 0.15) is 0 Å². The van der Waals surface area contributed by atoms with Crippen molar-refractivity contribution in [3.8, 4) is 39.1 Å². The van der Waals surface area contributed by atoms with E-state index in [0.717, 1.165) is 8.58 Å². The van der Waals surface area contributed by atoms with Crippen LogP contribution >= 0.6 is 8.58 Å². The Kier molecular flexibility index (Phi) is 6.08. The Labute approximate surface area is 231 Å². The second kappa shape index (κ2) is 10.0. The van der Waals surface area contributed by atoms with Crippen LogP contribution in [0, 0.1) is 0 Å². The van der Waals surface area contributed by atoms with E-state index >= 15 is 0 Å². The minimum Gasteiger partial charge on any atom is -0.309 e. The van der Waals surface area contributed by atoms with Crippen molar-refractivity contribution in [3.05, 3.63) is 146 Å². The molecule has 6 aromatic carbocycles. The van der Waals surface area contributed by atoms with Crippen molar-refractivity contribution in [3.63, 3.8) is 0 Å². The molecule has 39 heavy (non-hydrogen) atoms. The summed E-state index contributed by atoms with van der Waals surface area (Å²) in [7, 11) is 0.790. The number of aromatic nitrogens is 1. The Morgan fingerprint density at radius 3 is 1.49 bits per heavy atom. The number of hydrogen-bond donors (Lipinski definition) is 0. The van der Waals surface area contributed by atoms with Gasteiger partial charge in [0.2, 0.25) is 0 Å². The molecule has 0 amide bonds. The van der Waals surface area contributed by atoms with Crippen molar-refractivity contribution in [2.75, 3.05) is 6.66 Å². The Hall–Kier alpha value is -4.45. The molecule has 0 bridgehead atoms. The minimum absolute atomic E-state index is 0.790. The van der Waals surface area contributed by atoms with Crippen LogP contribution in [0.5, 0.6) is 0 Å². The lowest BCUT2D eigenvalue weighted by atomic mass is 9.98. The highest BCUT2D eigenvalue weighted by Gasteiger charge is 2.14. The fourth-order valence-corrected chi connectivity index (χ4v) is 6.14. The predicted octanol–water partition coefficient (Wildman–Crippen LogP) is 9.72. The summed E-state index contributed by atoms with van der Waals surface area (Å²) < 4.78 is 2.39. The van der Waals surface area contributed by atoms with Crippen molar-refractivity contribution in [1.29, 1.82) is 0 Å². The lowest BCUT2D eigenvalue weighted by molar-refractivity contribution is 1.18. The standard InChI is InChI=1S/C37H28NP/c1-39-33-14-8-11-29(23-33)31-20-22-37-35(25-31)34-24-30(19-21-36(34)38(37)32-12-6-3-7-13-32)28-17-15-27(16-18-28)26-9-4-2-5-10-26/h2-25,39H,1H3. The molecule has 0 fully saturated rings. The summed E-state index contributed by atoms with van der Waals surface area (Å²) in [5.74, 6) is 0. The molecule has 2 heteroatoms. The third kappa shape index (κ3) is 4.36. The molecule has 0 spiro atoms. The summed E-state index contributed by atoms with van der Waals surface area (Å²) in [5, 5.41) is 3.94. The zero-order valence-electron chi connectivity index (χ0n) is 21.8. The zero-order chi connectivity index (χ0) is 26.2. The minimum atomic E-state index is 0.790. The average Bonchev–Trinajstić information content (AvgIpc) is 3.35. The summed E-state index contributed by atoms with van der Waals surface area (Å²) in [5.41, 5.74) is 11.1. The summed E-state index contributed by atoms with van der Waals surface area (Å²) in [6.45, 7) is 2.24. The SMILES string of the molecule is CPc1cccc(-c2ccc3c(c2)c2cc(-c4ccc(-c5ccccc5)cc4)ccc2n3-c2ccccc2)c1. The molecule has 1 atom stereocenters. The van der Waals surface area contributed by atoms with E-state index in [1.807, 2.05) is 0 Å². The Balaban J connectivity index is 1.41. The fraction of sp³-hybridized carbons (Fsp3) is 0.0270. The van der Waals surface area contributed by atoms with E-state index in [4.69, 9.17) is 0 Å². The van der Waals surface area contributed by atoms with Crippen LogP contribution < -0.4 is 5.30 Å². The zero-order valence-corrected chi connectivity index (χ0v) is 22.8. The van der Waals surface area contributed by atoms with Crippen molar-refractivity contribution < 1.29 is 0 Å². The molecule has 1 heterocycles. The molecule has 7 aromatic rings. The molecule has 0 radical (unpaired) electrons. The molecular weight excluding hydrogens is 489 g/mol. The number of benzene rings is 6. The van der Waals surface area contributed by atoms with E-state index in [9.17, 15) is 0 Å². The Morgan fingerprint density at radius 1 is 0.410 bits per heavy atom. The lowest BCUT2D eigenvalue weighted by Crippen LogP contribution is -1.94.